The van der Waals surface area contributed by atoms with Crippen molar-refractivity contribution in [3.05, 3.63) is 88.7 Å². The fourth-order valence-electron chi connectivity index (χ4n) is 3.29. The number of rotatable bonds is 7. The molecular weight excluding hydrogens is 387 g/mol. The van der Waals surface area contributed by atoms with Crippen LogP contribution in [-0.2, 0) is 13.1 Å². The second-order valence-electron chi connectivity index (χ2n) is 6.76. The van der Waals surface area contributed by atoms with E-state index in [2.05, 4.69) is 18.3 Å². The monoisotopic (exact) mass is 408 g/mol. The molecule has 0 saturated heterocycles. The van der Waals surface area contributed by atoms with Gasteiger partial charge in [0, 0.05) is 11.4 Å². The molecule has 0 atom stereocenters. The van der Waals surface area contributed by atoms with Crippen LogP contribution in [-0.4, -0.2) is 17.1 Å². The van der Waals surface area contributed by atoms with Gasteiger partial charge in [-0.1, -0.05) is 30.3 Å². The Bertz CT molecular complexity index is 1130. The maximum Gasteiger partial charge on any atom is 0.268 e. The van der Waals surface area contributed by atoms with Crippen LogP contribution < -0.4 is 10.1 Å². The Morgan fingerprint density at radius 1 is 1.10 bits per heavy atom. The van der Waals surface area contributed by atoms with Crippen LogP contribution >= 0.6 is 11.3 Å². The third-order valence-electron chi connectivity index (χ3n) is 4.61. The van der Waals surface area contributed by atoms with Crippen molar-refractivity contribution in [2.75, 3.05) is 6.61 Å². The van der Waals surface area contributed by atoms with E-state index in [-0.39, 0.29) is 18.3 Å². The Hall–Kier alpha value is -3.12. The molecule has 4 aromatic rings. The number of halogens is 1. The molecule has 0 saturated carbocycles. The predicted octanol–water partition coefficient (Wildman–Crippen LogP) is 5.16. The first kappa shape index (κ1) is 19.2. The summed E-state index contributed by atoms with van der Waals surface area (Å²) in [5.41, 5.74) is 2.33. The number of amides is 1. The quantitative estimate of drug-likeness (QED) is 0.459. The van der Waals surface area contributed by atoms with Gasteiger partial charge in [0.1, 0.15) is 23.9 Å². The van der Waals surface area contributed by atoms with E-state index in [9.17, 15) is 9.18 Å². The summed E-state index contributed by atoms with van der Waals surface area (Å²) in [6.07, 6.45) is 0. The molecule has 1 N–H and O–H groups in total. The predicted molar refractivity (Wildman–Crippen MR) is 114 cm³/mol. The molecule has 2 aromatic heterocycles. The van der Waals surface area contributed by atoms with Crippen molar-refractivity contribution in [2.24, 2.45) is 0 Å². The summed E-state index contributed by atoms with van der Waals surface area (Å²) in [6, 6.07) is 19.9. The van der Waals surface area contributed by atoms with Crippen LogP contribution in [0.5, 0.6) is 5.75 Å². The van der Waals surface area contributed by atoms with Gasteiger partial charge >= 0.3 is 0 Å². The van der Waals surface area contributed by atoms with E-state index in [1.807, 2.05) is 41.0 Å². The molecule has 0 aliphatic rings. The van der Waals surface area contributed by atoms with E-state index < -0.39 is 0 Å². The molecule has 0 spiro atoms. The first-order valence-corrected chi connectivity index (χ1v) is 10.2. The SMILES string of the molecule is Cc1cc2c(cc(C(=O)NCc3cccc(F)c3)n2CCOc2ccccc2)s1. The number of nitrogens with zero attached hydrogens (tertiary/aromatic N) is 1. The first-order chi connectivity index (χ1) is 14.1. The van der Waals surface area contributed by atoms with Crippen molar-refractivity contribution in [1.29, 1.82) is 0 Å². The van der Waals surface area contributed by atoms with Crippen LogP contribution in [0.2, 0.25) is 0 Å². The van der Waals surface area contributed by atoms with Gasteiger partial charge in [-0.25, -0.2) is 4.39 Å². The van der Waals surface area contributed by atoms with Gasteiger partial charge in [-0.3, -0.25) is 4.79 Å². The van der Waals surface area contributed by atoms with E-state index in [0.29, 0.717) is 18.8 Å². The van der Waals surface area contributed by atoms with Gasteiger partial charge in [0.2, 0.25) is 0 Å². The molecule has 0 unspecified atom stereocenters. The van der Waals surface area contributed by atoms with Crippen LogP contribution in [0.15, 0.2) is 66.7 Å². The first-order valence-electron chi connectivity index (χ1n) is 9.40. The van der Waals surface area contributed by atoms with E-state index in [4.69, 9.17) is 4.74 Å². The van der Waals surface area contributed by atoms with Gasteiger partial charge in [-0.05, 0) is 48.9 Å². The molecule has 2 heterocycles. The largest absolute Gasteiger partial charge is 0.492 e. The minimum atomic E-state index is -0.311. The van der Waals surface area contributed by atoms with Gasteiger partial charge < -0.3 is 14.6 Å². The molecule has 2 aromatic carbocycles. The number of para-hydroxylation sites is 1. The molecule has 4 rings (SSSR count). The number of hydrogen-bond donors (Lipinski definition) is 1. The molecular formula is C23H21FN2O2S. The summed E-state index contributed by atoms with van der Waals surface area (Å²) in [4.78, 5) is 14.0. The summed E-state index contributed by atoms with van der Waals surface area (Å²) < 4.78 is 22.2. The van der Waals surface area contributed by atoms with Gasteiger partial charge in [0.25, 0.3) is 5.91 Å². The summed E-state index contributed by atoms with van der Waals surface area (Å²) in [6.45, 7) is 3.33. The second kappa shape index (κ2) is 8.49. The van der Waals surface area contributed by atoms with Gasteiger partial charge in [0.15, 0.2) is 0 Å². The number of aryl methyl sites for hydroxylation is 1. The fraction of sp³-hybridized carbons (Fsp3) is 0.174. The third kappa shape index (κ3) is 4.49. The zero-order chi connectivity index (χ0) is 20.2. The van der Waals surface area contributed by atoms with Gasteiger partial charge in [-0.2, -0.15) is 0 Å². The molecule has 0 bridgehead atoms. The number of fused-ring (bicyclic) bond motifs is 1. The van der Waals surface area contributed by atoms with Crippen molar-refractivity contribution in [2.45, 2.75) is 20.0 Å². The van der Waals surface area contributed by atoms with Crippen molar-refractivity contribution >= 4 is 27.5 Å². The topological polar surface area (TPSA) is 43.3 Å². The highest BCUT2D eigenvalue weighted by Gasteiger charge is 2.17. The number of ether oxygens (including phenoxy) is 1. The Balaban J connectivity index is 1.51. The highest BCUT2D eigenvalue weighted by Crippen LogP contribution is 2.29. The number of hydrogen-bond acceptors (Lipinski definition) is 3. The smallest absolute Gasteiger partial charge is 0.268 e. The molecule has 0 aliphatic carbocycles. The van der Waals surface area contributed by atoms with E-state index in [1.165, 1.54) is 17.0 Å². The molecule has 148 valence electrons. The lowest BCUT2D eigenvalue weighted by Gasteiger charge is -2.12. The second-order valence-corrected chi connectivity index (χ2v) is 8.05. The number of carbonyl (C=O) groups is 1. The maximum atomic E-state index is 13.4. The van der Waals surface area contributed by atoms with Crippen molar-refractivity contribution < 1.29 is 13.9 Å². The number of thiophene rings is 1. The Morgan fingerprint density at radius 3 is 2.72 bits per heavy atom. The van der Waals surface area contributed by atoms with Crippen LogP contribution in [0.3, 0.4) is 0 Å². The average molecular weight is 408 g/mol. The lowest BCUT2D eigenvalue weighted by atomic mass is 10.2. The van der Waals surface area contributed by atoms with Crippen molar-refractivity contribution in [3.8, 4) is 5.75 Å². The lowest BCUT2D eigenvalue weighted by Crippen LogP contribution is -2.26. The number of benzene rings is 2. The summed E-state index contributed by atoms with van der Waals surface area (Å²) in [5.74, 6) is 0.304. The Kier molecular flexibility index (Phi) is 5.62. The van der Waals surface area contributed by atoms with Gasteiger partial charge in [-0.15, -0.1) is 11.3 Å². The zero-order valence-electron chi connectivity index (χ0n) is 16.0. The molecule has 0 aliphatic heterocycles. The van der Waals surface area contributed by atoms with Crippen LogP contribution in [0.25, 0.3) is 10.2 Å². The van der Waals surface area contributed by atoms with Crippen molar-refractivity contribution in [1.82, 2.24) is 9.88 Å². The van der Waals surface area contributed by atoms with Crippen LogP contribution in [0.4, 0.5) is 4.39 Å². The van der Waals surface area contributed by atoms with E-state index in [0.717, 1.165) is 21.5 Å². The van der Waals surface area contributed by atoms with Crippen LogP contribution in [0.1, 0.15) is 20.9 Å². The molecule has 0 radical (unpaired) electrons. The molecule has 1 amide bonds. The zero-order valence-corrected chi connectivity index (χ0v) is 16.8. The number of carbonyl (C=O) groups excluding carboxylic acids is 1. The summed E-state index contributed by atoms with van der Waals surface area (Å²) >= 11 is 1.66. The van der Waals surface area contributed by atoms with E-state index >= 15 is 0 Å². The molecule has 29 heavy (non-hydrogen) atoms. The standard InChI is InChI=1S/C23H21FN2O2S/c1-16-12-20-22(29-16)14-21(23(27)25-15-17-6-5-7-18(24)13-17)26(20)10-11-28-19-8-3-2-4-9-19/h2-9,12-14H,10-11,15H2,1H3,(H,25,27). The highest BCUT2D eigenvalue weighted by molar-refractivity contribution is 7.19. The molecule has 4 nitrogen and oxygen atoms in total. The average Bonchev–Trinajstić information content (AvgIpc) is 3.24. The maximum absolute atomic E-state index is 13.4. The minimum Gasteiger partial charge on any atom is -0.492 e. The normalized spacial score (nSPS) is 11.0. The Labute approximate surface area is 172 Å². The molecule has 6 heteroatoms. The van der Waals surface area contributed by atoms with Crippen LogP contribution in [0, 0.1) is 12.7 Å². The van der Waals surface area contributed by atoms with Crippen molar-refractivity contribution in [3.63, 3.8) is 0 Å². The fourth-order valence-corrected chi connectivity index (χ4v) is 4.25. The highest BCUT2D eigenvalue weighted by atomic mass is 32.1. The van der Waals surface area contributed by atoms with Gasteiger partial charge in [0.05, 0.1) is 16.8 Å². The number of aromatic nitrogens is 1. The molecule has 0 fully saturated rings. The Morgan fingerprint density at radius 2 is 1.93 bits per heavy atom. The summed E-state index contributed by atoms with van der Waals surface area (Å²) in [5, 5.41) is 2.89. The minimum absolute atomic E-state index is 0.185. The number of nitrogens with one attached hydrogen (secondary N) is 1. The summed E-state index contributed by atoms with van der Waals surface area (Å²) in [7, 11) is 0. The van der Waals surface area contributed by atoms with E-state index in [1.54, 1.807) is 23.5 Å². The third-order valence-corrected chi connectivity index (χ3v) is 5.60. The lowest BCUT2D eigenvalue weighted by molar-refractivity contribution is 0.0941.